The summed E-state index contributed by atoms with van der Waals surface area (Å²) in [5.41, 5.74) is 2.03. The van der Waals surface area contributed by atoms with Crippen LogP contribution in [0, 0.1) is 0 Å². The third kappa shape index (κ3) is 7.69. The summed E-state index contributed by atoms with van der Waals surface area (Å²) >= 11 is 7.91. The van der Waals surface area contributed by atoms with Crippen LogP contribution in [0.4, 0.5) is 0 Å². The van der Waals surface area contributed by atoms with E-state index >= 15 is 0 Å². The average Bonchev–Trinajstić information content (AvgIpc) is 2.75. The van der Waals surface area contributed by atoms with Gasteiger partial charge >= 0.3 is 0 Å². The Hall–Kier alpha value is -1.98. The number of carbonyl (C=O) groups excluding carboxylic acids is 2. The zero-order chi connectivity index (χ0) is 21.8. The highest BCUT2D eigenvalue weighted by atomic mass is 35.5. The summed E-state index contributed by atoms with van der Waals surface area (Å²) in [5.74, 6) is 0.928. The van der Waals surface area contributed by atoms with Crippen LogP contribution in [0.3, 0.4) is 0 Å². The van der Waals surface area contributed by atoms with Gasteiger partial charge in [-0.2, -0.15) is 0 Å². The van der Waals surface area contributed by atoms with Crippen molar-refractivity contribution in [2.75, 3.05) is 12.3 Å². The van der Waals surface area contributed by atoms with E-state index in [0.29, 0.717) is 30.3 Å². The third-order valence-electron chi connectivity index (χ3n) is 4.85. The standard InChI is InChI=1S/C24H31ClN2O2S/c1-3-5-15-26-24(29)22(4-2)27(16-20-13-9-10-14-21(20)25)23(28)18-30-17-19-11-7-6-8-12-19/h6-14,22H,3-5,15-18H2,1-2H3,(H,26,29)/t22-/m0/s1. The monoisotopic (exact) mass is 446 g/mol. The molecule has 0 radical (unpaired) electrons. The fourth-order valence-corrected chi connectivity index (χ4v) is 4.22. The maximum atomic E-state index is 13.2. The van der Waals surface area contributed by atoms with Gasteiger partial charge in [0.1, 0.15) is 6.04 Å². The van der Waals surface area contributed by atoms with Crippen molar-refractivity contribution < 1.29 is 9.59 Å². The number of hydrogen-bond donors (Lipinski definition) is 1. The summed E-state index contributed by atoms with van der Waals surface area (Å²) in [6.45, 7) is 4.97. The average molecular weight is 447 g/mol. The summed E-state index contributed by atoms with van der Waals surface area (Å²) in [6, 6.07) is 17.0. The molecule has 30 heavy (non-hydrogen) atoms. The molecule has 0 heterocycles. The van der Waals surface area contributed by atoms with Gasteiger partial charge in [-0.15, -0.1) is 11.8 Å². The summed E-state index contributed by atoms with van der Waals surface area (Å²) in [5, 5.41) is 3.58. The van der Waals surface area contributed by atoms with Crippen LogP contribution in [0.2, 0.25) is 5.02 Å². The molecule has 0 saturated heterocycles. The number of hydrogen-bond acceptors (Lipinski definition) is 3. The van der Waals surface area contributed by atoms with Gasteiger partial charge < -0.3 is 10.2 Å². The van der Waals surface area contributed by atoms with Gasteiger partial charge in [-0.3, -0.25) is 9.59 Å². The number of halogens is 1. The van der Waals surface area contributed by atoms with E-state index in [4.69, 9.17) is 11.6 Å². The van der Waals surface area contributed by atoms with Gasteiger partial charge in [-0.1, -0.05) is 80.4 Å². The molecule has 0 aliphatic carbocycles. The molecule has 0 fully saturated rings. The smallest absolute Gasteiger partial charge is 0.242 e. The number of benzene rings is 2. The van der Waals surface area contributed by atoms with E-state index in [1.165, 1.54) is 5.56 Å². The number of amides is 2. The fourth-order valence-electron chi connectivity index (χ4n) is 3.15. The highest BCUT2D eigenvalue weighted by molar-refractivity contribution is 7.99. The van der Waals surface area contributed by atoms with Crippen LogP contribution in [0.5, 0.6) is 0 Å². The van der Waals surface area contributed by atoms with Crippen molar-refractivity contribution >= 4 is 35.2 Å². The lowest BCUT2D eigenvalue weighted by Crippen LogP contribution is -2.49. The number of rotatable bonds is 12. The third-order valence-corrected chi connectivity index (χ3v) is 6.21. The van der Waals surface area contributed by atoms with E-state index in [-0.39, 0.29) is 11.8 Å². The second kappa shape index (κ2) is 13.3. The van der Waals surface area contributed by atoms with Crippen LogP contribution < -0.4 is 5.32 Å². The Bertz CT molecular complexity index is 801. The zero-order valence-corrected chi connectivity index (χ0v) is 19.3. The highest BCUT2D eigenvalue weighted by Gasteiger charge is 2.28. The SMILES string of the molecule is CCCCNC(=O)[C@H](CC)N(Cc1ccccc1Cl)C(=O)CSCc1ccccc1. The second-order valence-electron chi connectivity index (χ2n) is 7.16. The van der Waals surface area contributed by atoms with E-state index in [1.54, 1.807) is 16.7 Å². The van der Waals surface area contributed by atoms with Crippen LogP contribution in [0.25, 0.3) is 0 Å². The molecule has 0 aromatic heterocycles. The molecular weight excluding hydrogens is 416 g/mol. The summed E-state index contributed by atoms with van der Waals surface area (Å²) in [7, 11) is 0. The van der Waals surface area contributed by atoms with E-state index in [1.807, 2.05) is 49.4 Å². The molecule has 0 saturated carbocycles. The minimum absolute atomic E-state index is 0.0478. The van der Waals surface area contributed by atoms with Crippen molar-refractivity contribution in [3.05, 3.63) is 70.7 Å². The summed E-state index contributed by atoms with van der Waals surface area (Å²) in [4.78, 5) is 27.7. The van der Waals surface area contributed by atoms with Gasteiger partial charge in [0.05, 0.1) is 5.75 Å². The lowest BCUT2D eigenvalue weighted by Gasteiger charge is -2.31. The minimum atomic E-state index is -0.511. The first kappa shape index (κ1) is 24.3. The predicted molar refractivity (Wildman–Crippen MR) is 127 cm³/mol. The molecular formula is C24H31ClN2O2S. The van der Waals surface area contributed by atoms with E-state index in [0.717, 1.165) is 24.2 Å². The van der Waals surface area contributed by atoms with E-state index in [2.05, 4.69) is 24.4 Å². The number of nitrogens with zero attached hydrogens (tertiary/aromatic N) is 1. The number of thioether (sulfide) groups is 1. The molecule has 2 amide bonds. The van der Waals surface area contributed by atoms with Crippen molar-refractivity contribution in [3.8, 4) is 0 Å². The lowest BCUT2D eigenvalue weighted by atomic mass is 10.1. The molecule has 1 atom stereocenters. The van der Waals surface area contributed by atoms with Crippen molar-refractivity contribution in [1.29, 1.82) is 0 Å². The Morgan fingerprint density at radius 2 is 1.77 bits per heavy atom. The Morgan fingerprint density at radius 3 is 2.43 bits per heavy atom. The van der Waals surface area contributed by atoms with Crippen LogP contribution >= 0.6 is 23.4 Å². The zero-order valence-electron chi connectivity index (χ0n) is 17.8. The largest absolute Gasteiger partial charge is 0.354 e. The normalized spacial score (nSPS) is 11.7. The topological polar surface area (TPSA) is 49.4 Å². The molecule has 0 unspecified atom stereocenters. The van der Waals surface area contributed by atoms with Crippen LogP contribution in [0.1, 0.15) is 44.2 Å². The molecule has 2 rings (SSSR count). The fraction of sp³-hybridized carbons (Fsp3) is 0.417. The van der Waals surface area contributed by atoms with Gasteiger partial charge in [-0.05, 0) is 30.0 Å². The molecule has 162 valence electrons. The molecule has 6 heteroatoms. The van der Waals surface area contributed by atoms with Gasteiger partial charge in [0, 0.05) is 23.9 Å². The first-order chi connectivity index (χ1) is 14.6. The predicted octanol–water partition coefficient (Wildman–Crippen LogP) is 5.30. The molecule has 0 spiro atoms. The Morgan fingerprint density at radius 1 is 1.07 bits per heavy atom. The van der Waals surface area contributed by atoms with E-state index in [9.17, 15) is 9.59 Å². The Kier molecular flexibility index (Phi) is 10.8. The van der Waals surface area contributed by atoms with Crippen molar-refractivity contribution in [2.24, 2.45) is 0 Å². The van der Waals surface area contributed by atoms with Gasteiger partial charge in [0.15, 0.2) is 0 Å². The number of unbranched alkanes of at least 4 members (excludes halogenated alkanes) is 1. The van der Waals surface area contributed by atoms with Crippen LogP contribution in [-0.2, 0) is 21.9 Å². The summed E-state index contributed by atoms with van der Waals surface area (Å²) in [6.07, 6.45) is 2.49. The summed E-state index contributed by atoms with van der Waals surface area (Å²) < 4.78 is 0. The van der Waals surface area contributed by atoms with Crippen LogP contribution in [-0.4, -0.2) is 35.1 Å². The van der Waals surface area contributed by atoms with E-state index < -0.39 is 6.04 Å². The molecule has 2 aromatic rings. The van der Waals surface area contributed by atoms with Crippen LogP contribution in [0.15, 0.2) is 54.6 Å². The molecule has 4 nitrogen and oxygen atoms in total. The Labute approximate surface area is 189 Å². The molecule has 2 aromatic carbocycles. The van der Waals surface area contributed by atoms with Crippen molar-refractivity contribution in [3.63, 3.8) is 0 Å². The number of carbonyl (C=O) groups is 2. The van der Waals surface area contributed by atoms with Gasteiger partial charge in [0.25, 0.3) is 0 Å². The first-order valence-electron chi connectivity index (χ1n) is 10.5. The Balaban J connectivity index is 2.11. The minimum Gasteiger partial charge on any atom is -0.354 e. The lowest BCUT2D eigenvalue weighted by molar-refractivity contribution is -0.139. The number of nitrogens with one attached hydrogen (secondary N) is 1. The molecule has 1 N–H and O–H groups in total. The van der Waals surface area contributed by atoms with Crippen molar-refractivity contribution in [1.82, 2.24) is 10.2 Å². The highest BCUT2D eigenvalue weighted by Crippen LogP contribution is 2.21. The first-order valence-corrected chi connectivity index (χ1v) is 12.0. The van der Waals surface area contributed by atoms with Gasteiger partial charge in [0.2, 0.25) is 11.8 Å². The molecule has 0 aliphatic heterocycles. The van der Waals surface area contributed by atoms with Crippen molar-refractivity contribution in [2.45, 2.75) is 51.4 Å². The molecule has 0 bridgehead atoms. The van der Waals surface area contributed by atoms with Gasteiger partial charge in [-0.25, -0.2) is 0 Å². The molecule has 0 aliphatic rings. The quantitative estimate of drug-likeness (QED) is 0.450. The maximum Gasteiger partial charge on any atom is 0.242 e. The maximum absolute atomic E-state index is 13.2. The second-order valence-corrected chi connectivity index (χ2v) is 8.55.